The van der Waals surface area contributed by atoms with E-state index in [4.69, 9.17) is 4.74 Å². The Morgan fingerprint density at radius 2 is 1.73 bits per heavy atom. The highest BCUT2D eigenvalue weighted by atomic mass is 16.5. The molecule has 1 heterocycles. The fourth-order valence-corrected chi connectivity index (χ4v) is 3.13. The maximum atomic E-state index is 12.4. The van der Waals surface area contributed by atoms with Crippen LogP contribution in [0.4, 0.5) is 0 Å². The summed E-state index contributed by atoms with van der Waals surface area (Å²) >= 11 is 0. The van der Waals surface area contributed by atoms with Crippen LogP contribution in [0.5, 0.6) is 5.75 Å². The van der Waals surface area contributed by atoms with Crippen LogP contribution in [-0.2, 0) is 9.59 Å². The first-order valence-electron chi connectivity index (χ1n) is 8.63. The number of nitrogens with zero attached hydrogens (tertiary/aromatic N) is 1. The van der Waals surface area contributed by atoms with Crippen molar-refractivity contribution in [2.45, 2.75) is 26.3 Å². The lowest BCUT2D eigenvalue weighted by Gasteiger charge is -2.25. The molecular weight excluding hydrogens is 330 g/mol. The zero-order valence-corrected chi connectivity index (χ0v) is 14.8. The van der Waals surface area contributed by atoms with E-state index in [2.05, 4.69) is 0 Å². The topological polar surface area (TPSA) is 63.7 Å². The molecule has 5 heteroatoms. The Labute approximate surface area is 152 Å². The number of esters is 1. The molecule has 1 aliphatic rings. The lowest BCUT2D eigenvalue weighted by molar-refractivity contribution is -0.139. The first kappa shape index (κ1) is 17.9. The minimum Gasteiger partial charge on any atom is -0.426 e. The van der Waals surface area contributed by atoms with Gasteiger partial charge in [0, 0.05) is 18.5 Å². The summed E-state index contributed by atoms with van der Waals surface area (Å²) in [5.74, 6) is -0.620. The monoisotopic (exact) mass is 351 g/mol. The molecule has 0 aromatic heterocycles. The SMILES string of the molecule is CC(=O)c1ccc(OC(=O)[C@H]2CC(=O)N([C@H](C)c3ccccc3)C2)cc1. The fraction of sp³-hybridized carbons (Fsp3) is 0.286. The van der Waals surface area contributed by atoms with Crippen molar-refractivity contribution in [3.05, 3.63) is 65.7 Å². The largest absolute Gasteiger partial charge is 0.426 e. The molecule has 1 amide bonds. The van der Waals surface area contributed by atoms with Gasteiger partial charge in [0.2, 0.25) is 5.91 Å². The van der Waals surface area contributed by atoms with Gasteiger partial charge in [0.1, 0.15) is 5.75 Å². The van der Waals surface area contributed by atoms with Crippen LogP contribution in [0.2, 0.25) is 0 Å². The molecule has 0 spiro atoms. The zero-order chi connectivity index (χ0) is 18.7. The molecule has 2 aromatic rings. The van der Waals surface area contributed by atoms with Crippen molar-refractivity contribution in [2.75, 3.05) is 6.54 Å². The van der Waals surface area contributed by atoms with Gasteiger partial charge in [0.15, 0.2) is 5.78 Å². The highest BCUT2D eigenvalue weighted by Gasteiger charge is 2.38. The number of rotatable bonds is 5. The number of ether oxygens (including phenoxy) is 1. The van der Waals surface area contributed by atoms with Gasteiger partial charge in [-0.15, -0.1) is 0 Å². The van der Waals surface area contributed by atoms with Crippen molar-refractivity contribution in [3.8, 4) is 5.75 Å². The van der Waals surface area contributed by atoms with E-state index in [9.17, 15) is 14.4 Å². The predicted octanol–water partition coefficient (Wildman–Crippen LogP) is 3.40. The van der Waals surface area contributed by atoms with E-state index in [1.165, 1.54) is 6.92 Å². The molecule has 1 aliphatic heterocycles. The number of carbonyl (C=O) groups is 3. The number of hydrogen-bond acceptors (Lipinski definition) is 4. The summed E-state index contributed by atoms with van der Waals surface area (Å²) in [6.45, 7) is 3.79. The molecule has 0 saturated carbocycles. The Morgan fingerprint density at radius 1 is 1.08 bits per heavy atom. The summed E-state index contributed by atoms with van der Waals surface area (Å²) in [6, 6.07) is 16.1. The van der Waals surface area contributed by atoms with Gasteiger partial charge >= 0.3 is 5.97 Å². The van der Waals surface area contributed by atoms with Gasteiger partial charge in [-0.1, -0.05) is 30.3 Å². The molecule has 0 unspecified atom stereocenters. The van der Waals surface area contributed by atoms with E-state index in [0.717, 1.165) is 5.56 Å². The summed E-state index contributed by atoms with van der Waals surface area (Å²) in [5, 5.41) is 0. The first-order valence-corrected chi connectivity index (χ1v) is 8.63. The Balaban J connectivity index is 1.64. The predicted molar refractivity (Wildman–Crippen MR) is 96.8 cm³/mol. The molecule has 0 radical (unpaired) electrons. The Morgan fingerprint density at radius 3 is 2.35 bits per heavy atom. The molecule has 3 rings (SSSR count). The van der Waals surface area contributed by atoms with Gasteiger partial charge in [-0.25, -0.2) is 0 Å². The van der Waals surface area contributed by atoms with E-state index < -0.39 is 11.9 Å². The molecule has 1 fully saturated rings. The smallest absolute Gasteiger partial charge is 0.316 e. The van der Waals surface area contributed by atoms with Crippen LogP contribution in [0, 0.1) is 5.92 Å². The summed E-state index contributed by atoms with van der Waals surface area (Å²) in [6.07, 6.45) is 0.154. The van der Waals surface area contributed by atoms with Crippen molar-refractivity contribution in [1.29, 1.82) is 0 Å². The van der Waals surface area contributed by atoms with Crippen molar-refractivity contribution >= 4 is 17.7 Å². The highest BCUT2D eigenvalue weighted by Crippen LogP contribution is 2.29. The summed E-state index contributed by atoms with van der Waals surface area (Å²) in [4.78, 5) is 37.8. The van der Waals surface area contributed by atoms with Gasteiger partial charge in [-0.2, -0.15) is 0 Å². The van der Waals surface area contributed by atoms with E-state index in [0.29, 0.717) is 17.9 Å². The maximum Gasteiger partial charge on any atom is 0.316 e. The maximum absolute atomic E-state index is 12.4. The third-order valence-corrected chi connectivity index (χ3v) is 4.72. The van der Waals surface area contributed by atoms with E-state index in [-0.39, 0.29) is 24.2 Å². The molecule has 2 aromatic carbocycles. The summed E-state index contributed by atoms with van der Waals surface area (Å²) in [7, 11) is 0. The number of benzene rings is 2. The standard InChI is InChI=1S/C21H21NO4/c1-14(16-6-4-3-5-7-16)22-13-18(12-20(22)24)21(25)26-19-10-8-17(9-11-19)15(2)23/h3-11,14,18H,12-13H2,1-2H3/t14-,18+/m1/s1. The molecule has 0 bridgehead atoms. The lowest BCUT2D eigenvalue weighted by Crippen LogP contribution is -2.30. The van der Waals surface area contributed by atoms with Crippen LogP contribution >= 0.6 is 0 Å². The average molecular weight is 351 g/mol. The number of Topliss-reactive ketones (excluding diaryl/α,β-unsaturated/α-hetero) is 1. The third kappa shape index (κ3) is 3.82. The fourth-order valence-electron chi connectivity index (χ4n) is 3.13. The molecule has 5 nitrogen and oxygen atoms in total. The Bertz CT molecular complexity index is 814. The molecular formula is C21H21NO4. The average Bonchev–Trinajstić information content (AvgIpc) is 3.04. The molecule has 134 valence electrons. The normalized spacial score (nSPS) is 17.8. The van der Waals surface area contributed by atoms with Crippen LogP contribution in [0.3, 0.4) is 0 Å². The van der Waals surface area contributed by atoms with E-state index >= 15 is 0 Å². The zero-order valence-electron chi connectivity index (χ0n) is 14.8. The molecule has 0 N–H and O–H groups in total. The van der Waals surface area contributed by atoms with Gasteiger partial charge in [-0.05, 0) is 43.7 Å². The van der Waals surface area contributed by atoms with Gasteiger partial charge in [0.25, 0.3) is 0 Å². The van der Waals surface area contributed by atoms with Crippen LogP contribution in [0.25, 0.3) is 0 Å². The minimum atomic E-state index is -0.485. The van der Waals surface area contributed by atoms with Crippen molar-refractivity contribution < 1.29 is 19.1 Å². The number of carbonyl (C=O) groups excluding carboxylic acids is 3. The second kappa shape index (κ2) is 7.52. The number of hydrogen-bond donors (Lipinski definition) is 0. The van der Waals surface area contributed by atoms with Crippen molar-refractivity contribution in [3.63, 3.8) is 0 Å². The van der Waals surface area contributed by atoms with Gasteiger partial charge in [0.05, 0.1) is 12.0 Å². The van der Waals surface area contributed by atoms with E-state index in [1.54, 1.807) is 29.2 Å². The lowest BCUT2D eigenvalue weighted by atomic mass is 10.1. The second-order valence-electron chi connectivity index (χ2n) is 6.54. The van der Waals surface area contributed by atoms with Gasteiger partial charge in [-0.3, -0.25) is 14.4 Å². The molecule has 26 heavy (non-hydrogen) atoms. The molecule has 0 aliphatic carbocycles. The van der Waals surface area contributed by atoms with Crippen LogP contribution < -0.4 is 4.74 Å². The summed E-state index contributed by atoms with van der Waals surface area (Å²) < 4.78 is 5.39. The quantitative estimate of drug-likeness (QED) is 0.470. The van der Waals surface area contributed by atoms with E-state index in [1.807, 2.05) is 37.3 Å². The molecule has 2 atom stereocenters. The first-order chi connectivity index (χ1) is 12.5. The minimum absolute atomic E-state index is 0.0461. The van der Waals surface area contributed by atoms with Gasteiger partial charge < -0.3 is 9.64 Å². The number of ketones is 1. The number of amides is 1. The third-order valence-electron chi connectivity index (χ3n) is 4.72. The van der Waals surface area contributed by atoms with Crippen LogP contribution in [0.15, 0.2) is 54.6 Å². The Kier molecular flexibility index (Phi) is 5.16. The molecule has 1 saturated heterocycles. The summed E-state index contributed by atoms with van der Waals surface area (Å²) in [5.41, 5.74) is 1.60. The highest BCUT2D eigenvalue weighted by molar-refractivity contribution is 5.94. The van der Waals surface area contributed by atoms with Crippen molar-refractivity contribution in [1.82, 2.24) is 4.90 Å². The van der Waals surface area contributed by atoms with Crippen LogP contribution in [0.1, 0.15) is 42.2 Å². The van der Waals surface area contributed by atoms with Crippen LogP contribution in [-0.4, -0.2) is 29.1 Å². The second-order valence-corrected chi connectivity index (χ2v) is 6.54. The Hall–Kier alpha value is -2.95. The number of likely N-dealkylation sites (tertiary alicyclic amines) is 1. The van der Waals surface area contributed by atoms with Crippen molar-refractivity contribution in [2.24, 2.45) is 5.92 Å².